The van der Waals surface area contributed by atoms with E-state index in [0.717, 1.165) is 54.9 Å². The summed E-state index contributed by atoms with van der Waals surface area (Å²) in [5.41, 5.74) is 7.21. The van der Waals surface area contributed by atoms with Crippen molar-refractivity contribution < 1.29 is 28.1 Å². The van der Waals surface area contributed by atoms with E-state index in [1.54, 1.807) is 24.3 Å². The predicted molar refractivity (Wildman–Crippen MR) is 220 cm³/mol. The molecule has 0 amide bonds. The second-order valence-electron chi connectivity index (χ2n) is 13.2. The van der Waals surface area contributed by atoms with E-state index in [2.05, 4.69) is 60.7 Å². The average molecular weight is 743 g/mol. The maximum absolute atomic E-state index is 14.5. The Morgan fingerprint density at radius 3 is 1.13 bits per heavy atom. The highest BCUT2D eigenvalue weighted by molar-refractivity contribution is 7.91. The maximum atomic E-state index is 14.5. The van der Waals surface area contributed by atoms with Crippen molar-refractivity contribution in [2.24, 2.45) is 0 Å². The largest absolute Gasteiger partial charge is 0.491 e. The molecule has 0 aliphatic heterocycles. The van der Waals surface area contributed by atoms with Crippen LogP contribution < -0.4 is 9.47 Å². The first kappa shape index (κ1) is 35.8. The van der Waals surface area contributed by atoms with E-state index in [0.29, 0.717) is 22.6 Å². The lowest BCUT2D eigenvalue weighted by molar-refractivity contribution is 0.202. The number of ether oxygens (including phenoxy) is 2. The lowest BCUT2D eigenvalue weighted by atomic mass is 9.97. The van der Waals surface area contributed by atoms with E-state index < -0.39 is 9.84 Å². The summed E-state index contributed by atoms with van der Waals surface area (Å²) in [6.07, 6.45) is 0. The molecule has 8 aromatic carbocycles. The van der Waals surface area contributed by atoms with Crippen LogP contribution in [0, 0.1) is 0 Å². The normalized spacial score (nSPS) is 11.5. The van der Waals surface area contributed by atoms with Crippen LogP contribution in [0.2, 0.25) is 0 Å². The Balaban J connectivity index is 1.17. The third kappa shape index (κ3) is 7.46. The van der Waals surface area contributed by atoms with Crippen molar-refractivity contribution in [1.29, 1.82) is 0 Å². The number of aliphatic hydroxyl groups is 2. The van der Waals surface area contributed by atoms with Gasteiger partial charge in [-0.25, -0.2) is 8.42 Å². The van der Waals surface area contributed by atoms with Crippen molar-refractivity contribution in [3.63, 3.8) is 0 Å². The number of hydrogen-bond acceptors (Lipinski definition) is 6. The molecule has 0 aromatic heterocycles. The first-order valence-electron chi connectivity index (χ1n) is 18.1. The van der Waals surface area contributed by atoms with Crippen molar-refractivity contribution in [2.45, 2.75) is 9.79 Å². The Labute approximate surface area is 320 Å². The van der Waals surface area contributed by atoms with Crippen molar-refractivity contribution in [3.8, 4) is 56.0 Å². The van der Waals surface area contributed by atoms with Crippen LogP contribution in [0.25, 0.3) is 66.1 Å². The Hall–Kier alpha value is -6.25. The Kier molecular flexibility index (Phi) is 10.2. The monoisotopic (exact) mass is 742 g/mol. The van der Waals surface area contributed by atoms with Crippen LogP contribution in [-0.4, -0.2) is 45.1 Å². The van der Waals surface area contributed by atoms with Gasteiger partial charge < -0.3 is 19.7 Å². The van der Waals surface area contributed by atoms with Gasteiger partial charge in [0.1, 0.15) is 24.7 Å². The van der Waals surface area contributed by atoms with Crippen LogP contribution >= 0.6 is 0 Å². The van der Waals surface area contributed by atoms with Crippen LogP contribution in [0.3, 0.4) is 0 Å². The van der Waals surface area contributed by atoms with Gasteiger partial charge in [0.15, 0.2) is 0 Å². The van der Waals surface area contributed by atoms with E-state index in [-0.39, 0.29) is 36.2 Å². The van der Waals surface area contributed by atoms with Crippen molar-refractivity contribution in [1.82, 2.24) is 0 Å². The van der Waals surface area contributed by atoms with Gasteiger partial charge in [-0.05, 0) is 116 Å². The summed E-state index contributed by atoms with van der Waals surface area (Å²) in [5, 5.41) is 23.2. The zero-order chi connectivity index (χ0) is 37.8. The Morgan fingerprint density at radius 2 is 0.745 bits per heavy atom. The van der Waals surface area contributed by atoms with Gasteiger partial charge in [0.05, 0.1) is 23.0 Å². The first-order chi connectivity index (χ1) is 26.9. The van der Waals surface area contributed by atoms with Crippen molar-refractivity contribution in [3.05, 3.63) is 170 Å². The first-order valence-corrected chi connectivity index (χ1v) is 19.6. The quantitative estimate of drug-likeness (QED) is 0.129. The second-order valence-corrected chi connectivity index (χ2v) is 15.2. The summed E-state index contributed by atoms with van der Waals surface area (Å²) in [4.78, 5) is 0.195. The molecular formula is C48H38O6S. The Bertz CT molecular complexity index is 2560. The highest BCUT2D eigenvalue weighted by Gasteiger charge is 2.23. The molecule has 0 spiro atoms. The number of aliphatic hydroxyl groups excluding tert-OH is 2. The number of fused-ring (bicyclic) bond motifs is 2. The molecule has 0 aliphatic rings. The molecule has 0 radical (unpaired) electrons. The van der Waals surface area contributed by atoms with Crippen LogP contribution in [0.4, 0.5) is 0 Å². The lowest BCUT2D eigenvalue weighted by Gasteiger charge is -2.16. The van der Waals surface area contributed by atoms with E-state index in [4.69, 9.17) is 9.47 Å². The highest BCUT2D eigenvalue weighted by Crippen LogP contribution is 2.39. The van der Waals surface area contributed by atoms with Gasteiger partial charge in [0, 0.05) is 11.1 Å². The molecule has 6 nitrogen and oxygen atoms in total. The van der Waals surface area contributed by atoms with Gasteiger partial charge >= 0.3 is 0 Å². The minimum atomic E-state index is -4.04. The molecule has 0 aliphatic carbocycles. The van der Waals surface area contributed by atoms with E-state index >= 15 is 0 Å². The number of hydrogen-bond donors (Lipinski definition) is 2. The summed E-state index contributed by atoms with van der Waals surface area (Å²) in [7, 11) is -4.04. The van der Waals surface area contributed by atoms with Crippen LogP contribution in [-0.2, 0) is 9.84 Å². The summed E-state index contributed by atoms with van der Waals surface area (Å²) in [6.45, 7) is -0.248. The minimum Gasteiger partial charge on any atom is -0.491 e. The standard InChI is InChI=1S/C48H38O6S/c49-23-25-53-47-21-19-43(31-45(47)41-17-15-37-27-35(11-13-39(37)29-41)33-7-3-1-4-8-33)55(51,52)44-20-22-48(54-26-24-50)46(32-44)42-18-16-38-28-36(12-14-40(38)30-42)34-9-5-2-6-10-34/h1-22,27-32,49-50H,23-26H2. The van der Waals surface area contributed by atoms with Gasteiger partial charge in [0.2, 0.25) is 9.84 Å². The van der Waals surface area contributed by atoms with Gasteiger partial charge in [-0.15, -0.1) is 0 Å². The van der Waals surface area contributed by atoms with Crippen LogP contribution in [0.15, 0.2) is 180 Å². The molecule has 55 heavy (non-hydrogen) atoms. The van der Waals surface area contributed by atoms with E-state index in [9.17, 15) is 18.6 Å². The van der Waals surface area contributed by atoms with Gasteiger partial charge in [-0.2, -0.15) is 0 Å². The number of benzene rings is 8. The topological polar surface area (TPSA) is 93.1 Å². The molecule has 272 valence electrons. The third-order valence-corrected chi connectivity index (χ3v) is 11.5. The van der Waals surface area contributed by atoms with Crippen molar-refractivity contribution in [2.75, 3.05) is 26.4 Å². The fraction of sp³-hybridized carbons (Fsp3) is 0.0833. The summed E-state index contributed by atoms with van der Waals surface area (Å²) in [5.74, 6) is 0.932. The van der Waals surface area contributed by atoms with Gasteiger partial charge in [0.25, 0.3) is 0 Å². The molecule has 0 unspecified atom stereocenters. The fourth-order valence-electron chi connectivity index (χ4n) is 6.95. The molecule has 0 heterocycles. The highest BCUT2D eigenvalue weighted by atomic mass is 32.2. The van der Waals surface area contributed by atoms with Crippen LogP contribution in [0.5, 0.6) is 11.5 Å². The summed E-state index contributed by atoms with van der Waals surface area (Å²) >= 11 is 0. The smallest absolute Gasteiger partial charge is 0.206 e. The fourth-order valence-corrected chi connectivity index (χ4v) is 8.26. The number of sulfone groups is 1. The molecule has 2 N–H and O–H groups in total. The zero-order valence-corrected chi connectivity index (χ0v) is 30.7. The second kappa shape index (κ2) is 15.6. The summed E-state index contributed by atoms with van der Waals surface area (Å²) in [6, 6.07) is 54.6. The molecule has 0 bridgehead atoms. The maximum Gasteiger partial charge on any atom is 0.206 e. The zero-order valence-electron chi connectivity index (χ0n) is 29.9. The number of rotatable bonds is 12. The molecule has 7 heteroatoms. The molecule has 0 saturated heterocycles. The minimum absolute atomic E-state index is 0.0606. The molecule has 8 aromatic rings. The van der Waals surface area contributed by atoms with Gasteiger partial charge in [-0.3, -0.25) is 0 Å². The molecule has 0 atom stereocenters. The van der Waals surface area contributed by atoms with E-state index in [1.165, 1.54) is 12.1 Å². The van der Waals surface area contributed by atoms with Gasteiger partial charge in [-0.1, -0.05) is 109 Å². The SMILES string of the molecule is O=S(=O)(c1ccc(OCCO)c(-c2ccc3cc(-c4ccccc4)ccc3c2)c1)c1ccc(OCCO)c(-c2ccc3cc(-c4ccccc4)ccc3c2)c1. The summed E-state index contributed by atoms with van der Waals surface area (Å²) < 4.78 is 40.8. The molecule has 0 fully saturated rings. The molecule has 0 saturated carbocycles. The van der Waals surface area contributed by atoms with Crippen LogP contribution in [0.1, 0.15) is 0 Å². The average Bonchev–Trinajstić information content (AvgIpc) is 3.24. The molecular weight excluding hydrogens is 705 g/mol. The van der Waals surface area contributed by atoms with E-state index in [1.807, 2.05) is 72.8 Å². The predicted octanol–water partition coefficient (Wildman–Crippen LogP) is 10.2. The lowest BCUT2D eigenvalue weighted by Crippen LogP contribution is -2.07. The third-order valence-electron chi connectivity index (χ3n) is 9.74. The molecule has 8 rings (SSSR count). The Morgan fingerprint density at radius 1 is 0.382 bits per heavy atom. The van der Waals surface area contributed by atoms with Crippen molar-refractivity contribution >= 4 is 31.4 Å².